The number of fused-ring (bicyclic) bond motifs is 3. The quantitative estimate of drug-likeness (QED) is 0.639. The largest absolute Gasteiger partial charge is 0.358 e. The van der Waals surface area contributed by atoms with Gasteiger partial charge in [-0.25, -0.2) is 0 Å². The molecule has 0 aliphatic heterocycles. The molecule has 1 aromatic heterocycles. The van der Waals surface area contributed by atoms with Crippen LogP contribution in [0.25, 0.3) is 10.9 Å². The number of benzene rings is 2. The molecule has 0 fully saturated rings. The highest BCUT2D eigenvalue weighted by Gasteiger charge is 2.23. The van der Waals surface area contributed by atoms with Crippen molar-refractivity contribution in [2.45, 2.75) is 26.2 Å². The van der Waals surface area contributed by atoms with E-state index in [0.29, 0.717) is 16.5 Å². The molecule has 26 heavy (non-hydrogen) atoms. The molecule has 0 saturated heterocycles. The Morgan fingerprint density at radius 1 is 1.23 bits per heavy atom. The zero-order chi connectivity index (χ0) is 18.1. The van der Waals surface area contributed by atoms with Gasteiger partial charge in [0.05, 0.1) is 0 Å². The van der Waals surface area contributed by atoms with Crippen LogP contribution in [0.1, 0.15) is 40.5 Å². The van der Waals surface area contributed by atoms with Crippen molar-refractivity contribution in [3.63, 3.8) is 0 Å². The lowest BCUT2D eigenvalue weighted by Crippen LogP contribution is -2.26. The summed E-state index contributed by atoms with van der Waals surface area (Å²) in [4.78, 5) is 16.4. The van der Waals surface area contributed by atoms with E-state index < -0.39 is 0 Å². The van der Waals surface area contributed by atoms with E-state index in [1.54, 1.807) is 12.1 Å². The molecule has 134 valence electrons. The third-order valence-electron chi connectivity index (χ3n) is 5.32. The van der Waals surface area contributed by atoms with Crippen LogP contribution >= 0.6 is 11.6 Å². The Balaban J connectivity index is 1.68. The van der Waals surface area contributed by atoms with Gasteiger partial charge in [0.2, 0.25) is 0 Å². The SMILES string of the molecule is CCNCC1CCc2[nH]c3ccc(C(=O)c4cccc(Cl)c4)cc3c2C1. The van der Waals surface area contributed by atoms with E-state index in [9.17, 15) is 4.79 Å². The number of halogens is 1. The Bertz CT molecular complexity index is 960. The Morgan fingerprint density at radius 3 is 2.88 bits per heavy atom. The number of carbonyl (C=O) groups excluding carboxylic acids is 1. The third-order valence-corrected chi connectivity index (χ3v) is 5.56. The second-order valence-electron chi connectivity index (χ2n) is 7.10. The standard InChI is InChI=1S/C22H23ClN2O/c1-2-24-13-14-6-8-20-18(10-14)19-12-16(7-9-21(19)25-20)22(26)15-4-3-5-17(23)11-15/h3-5,7,9,11-12,14,24-25H,2,6,8,10,13H2,1H3. The van der Waals surface area contributed by atoms with Gasteiger partial charge in [-0.2, -0.15) is 0 Å². The maximum absolute atomic E-state index is 12.9. The van der Waals surface area contributed by atoms with Crippen LogP contribution in [-0.2, 0) is 12.8 Å². The van der Waals surface area contributed by atoms with Gasteiger partial charge in [-0.15, -0.1) is 0 Å². The Labute approximate surface area is 158 Å². The Kier molecular flexibility index (Phi) is 4.84. The maximum atomic E-state index is 12.9. The fourth-order valence-corrected chi connectivity index (χ4v) is 4.14. The fourth-order valence-electron chi connectivity index (χ4n) is 3.95. The van der Waals surface area contributed by atoms with Gasteiger partial charge in [0.15, 0.2) is 5.78 Å². The molecule has 1 aliphatic carbocycles. The molecule has 0 bridgehead atoms. The number of ketones is 1. The molecule has 1 atom stereocenters. The molecule has 3 aromatic rings. The molecule has 2 N–H and O–H groups in total. The molecule has 1 heterocycles. The Morgan fingerprint density at radius 2 is 2.08 bits per heavy atom. The van der Waals surface area contributed by atoms with Crippen molar-refractivity contribution in [3.05, 3.63) is 69.9 Å². The smallest absolute Gasteiger partial charge is 0.193 e. The molecule has 4 heteroatoms. The van der Waals surface area contributed by atoms with Gasteiger partial charge in [-0.1, -0.05) is 30.7 Å². The van der Waals surface area contributed by atoms with E-state index in [1.807, 2.05) is 30.3 Å². The van der Waals surface area contributed by atoms with E-state index in [4.69, 9.17) is 11.6 Å². The molecule has 1 aliphatic rings. The summed E-state index contributed by atoms with van der Waals surface area (Å²) < 4.78 is 0. The highest BCUT2D eigenvalue weighted by atomic mass is 35.5. The zero-order valence-electron chi connectivity index (χ0n) is 14.9. The summed E-state index contributed by atoms with van der Waals surface area (Å²) in [6, 6.07) is 13.1. The van der Waals surface area contributed by atoms with E-state index in [0.717, 1.165) is 37.0 Å². The van der Waals surface area contributed by atoms with Crippen LogP contribution in [-0.4, -0.2) is 23.9 Å². The summed E-state index contributed by atoms with van der Waals surface area (Å²) in [5.74, 6) is 0.679. The first-order valence-corrected chi connectivity index (χ1v) is 9.68. The monoisotopic (exact) mass is 366 g/mol. The maximum Gasteiger partial charge on any atom is 0.193 e. The molecule has 0 radical (unpaired) electrons. The number of carbonyl (C=O) groups is 1. The number of nitrogens with one attached hydrogen (secondary N) is 2. The van der Waals surface area contributed by atoms with Crippen molar-refractivity contribution >= 4 is 28.3 Å². The molecule has 3 nitrogen and oxygen atoms in total. The summed E-state index contributed by atoms with van der Waals surface area (Å²) >= 11 is 6.04. The van der Waals surface area contributed by atoms with Gasteiger partial charge in [0.1, 0.15) is 0 Å². The first-order valence-electron chi connectivity index (χ1n) is 9.30. The topological polar surface area (TPSA) is 44.9 Å². The van der Waals surface area contributed by atoms with Gasteiger partial charge in [-0.3, -0.25) is 4.79 Å². The van der Waals surface area contributed by atoms with Crippen LogP contribution < -0.4 is 5.32 Å². The zero-order valence-corrected chi connectivity index (χ0v) is 15.7. The molecular weight excluding hydrogens is 344 g/mol. The van der Waals surface area contributed by atoms with Crippen molar-refractivity contribution in [1.82, 2.24) is 10.3 Å². The van der Waals surface area contributed by atoms with E-state index in [2.05, 4.69) is 17.2 Å². The second-order valence-corrected chi connectivity index (χ2v) is 7.53. The van der Waals surface area contributed by atoms with Crippen LogP contribution in [0.4, 0.5) is 0 Å². The van der Waals surface area contributed by atoms with Crippen molar-refractivity contribution < 1.29 is 4.79 Å². The minimum atomic E-state index is 0.0179. The second kappa shape index (κ2) is 7.26. The molecular formula is C22H23ClN2O. The lowest BCUT2D eigenvalue weighted by Gasteiger charge is -2.22. The summed E-state index contributed by atoms with van der Waals surface area (Å²) in [5, 5.41) is 5.24. The molecule has 2 aromatic carbocycles. The molecule has 0 saturated carbocycles. The van der Waals surface area contributed by atoms with E-state index in [-0.39, 0.29) is 5.78 Å². The van der Waals surface area contributed by atoms with Crippen molar-refractivity contribution in [3.8, 4) is 0 Å². The summed E-state index contributed by atoms with van der Waals surface area (Å²) in [6.45, 7) is 4.22. The minimum Gasteiger partial charge on any atom is -0.358 e. The van der Waals surface area contributed by atoms with E-state index in [1.165, 1.54) is 23.1 Å². The predicted octanol–water partition coefficient (Wildman–Crippen LogP) is 4.77. The highest BCUT2D eigenvalue weighted by Crippen LogP contribution is 2.32. The predicted molar refractivity (Wildman–Crippen MR) is 107 cm³/mol. The van der Waals surface area contributed by atoms with Crippen molar-refractivity contribution in [2.24, 2.45) is 5.92 Å². The average molecular weight is 367 g/mol. The lowest BCUT2D eigenvalue weighted by molar-refractivity contribution is 0.103. The number of aromatic amines is 1. The van der Waals surface area contributed by atoms with Crippen LogP contribution in [0.3, 0.4) is 0 Å². The van der Waals surface area contributed by atoms with Crippen LogP contribution in [0.2, 0.25) is 5.02 Å². The Hall–Kier alpha value is -2.10. The van der Waals surface area contributed by atoms with Crippen molar-refractivity contribution in [2.75, 3.05) is 13.1 Å². The summed E-state index contributed by atoms with van der Waals surface area (Å²) in [5.41, 5.74) is 5.19. The van der Waals surface area contributed by atoms with Crippen LogP contribution in [0.5, 0.6) is 0 Å². The molecule has 0 spiro atoms. The highest BCUT2D eigenvalue weighted by molar-refractivity contribution is 6.31. The first-order chi connectivity index (χ1) is 12.7. The number of hydrogen-bond donors (Lipinski definition) is 2. The number of rotatable bonds is 5. The minimum absolute atomic E-state index is 0.0179. The van der Waals surface area contributed by atoms with Gasteiger partial charge in [0, 0.05) is 32.7 Å². The number of hydrogen-bond acceptors (Lipinski definition) is 2. The molecule has 1 unspecified atom stereocenters. The van der Waals surface area contributed by atoms with Gasteiger partial charge in [-0.05, 0) is 74.2 Å². The summed E-state index contributed by atoms with van der Waals surface area (Å²) in [7, 11) is 0. The van der Waals surface area contributed by atoms with E-state index >= 15 is 0 Å². The lowest BCUT2D eigenvalue weighted by atomic mass is 9.86. The molecule has 0 amide bonds. The average Bonchev–Trinajstić information content (AvgIpc) is 3.03. The van der Waals surface area contributed by atoms with Crippen molar-refractivity contribution in [1.29, 1.82) is 0 Å². The number of aryl methyl sites for hydroxylation is 1. The third kappa shape index (κ3) is 3.29. The first kappa shape index (κ1) is 17.3. The fraction of sp³-hybridized carbons (Fsp3) is 0.318. The van der Waals surface area contributed by atoms with Crippen LogP contribution in [0, 0.1) is 5.92 Å². The van der Waals surface area contributed by atoms with Gasteiger partial charge >= 0.3 is 0 Å². The number of H-pyrrole nitrogens is 1. The van der Waals surface area contributed by atoms with Crippen LogP contribution in [0.15, 0.2) is 42.5 Å². The number of aromatic nitrogens is 1. The summed E-state index contributed by atoms with van der Waals surface area (Å²) in [6.07, 6.45) is 3.36. The normalized spacial score (nSPS) is 16.6. The molecule has 4 rings (SSSR count). The van der Waals surface area contributed by atoms with Gasteiger partial charge in [0.25, 0.3) is 0 Å². The van der Waals surface area contributed by atoms with Gasteiger partial charge < -0.3 is 10.3 Å².